The lowest BCUT2D eigenvalue weighted by Crippen LogP contribution is -2.21. The topological polar surface area (TPSA) is 76.2 Å². The zero-order valence-electron chi connectivity index (χ0n) is 13.6. The standard InChI is InChI=1S/C16H23N5O2/c1-3-20(4-2)14-6-7-15(16(12-14)21(22)23)18-8-5-10-19-11-9-17-13-19/h6-7,9,11-13,18H,3-5,8,10H2,1-2H3. The van der Waals surface area contributed by atoms with Crippen LogP contribution in [0.4, 0.5) is 17.1 Å². The molecule has 0 fully saturated rings. The fourth-order valence-corrected chi connectivity index (χ4v) is 2.51. The lowest BCUT2D eigenvalue weighted by molar-refractivity contribution is -0.383. The molecule has 0 atom stereocenters. The van der Waals surface area contributed by atoms with Crippen LogP contribution in [0.3, 0.4) is 0 Å². The fourth-order valence-electron chi connectivity index (χ4n) is 2.51. The van der Waals surface area contributed by atoms with Gasteiger partial charge in [0.15, 0.2) is 0 Å². The molecule has 1 N–H and O–H groups in total. The van der Waals surface area contributed by atoms with Gasteiger partial charge in [-0.2, -0.15) is 0 Å². The highest BCUT2D eigenvalue weighted by molar-refractivity contribution is 5.68. The number of nitrogens with zero attached hydrogens (tertiary/aromatic N) is 4. The Hall–Kier alpha value is -2.57. The first-order valence-electron chi connectivity index (χ1n) is 7.88. The number of nitrogens with one attached hydrogen (secondary N) is 1. The third-order valence-corrected chi connectivity index (χ3v) is 3.77. The molecule has 1 aromatic heterocycles. The van der Waals surface area contributed by atoms with Crippen LogP contribution >= 0.6 is 0 Å². The van der Waals surface area contributed by atoms with Crippen molar-refractivity contribution in [1.29, 1.82) is 0 Å². The second-order valence-corrected chi connectivity index (χ2v) is 5.21. The van der Waals surface area contributed by atoms with Crippen LogP contribution in [0, 0.1) is 10.1 Å². The molecule has 23 heavy (non-hydrogen) atoms. The van der Waals surface area contributed by atoms with Gasteiger partial charge in [-0.25, -0.2) is 4.98 Å². The van der Waals surface area contributed by atoms with Crippen LogP contribution in [-0.2, 0) is 6.54 Å². The number of aryl methyl sites for hydroxylation is 1. The summed E-state index contributed by atoms with van der Waals surface area (Å²) in [4.78, 5) is 17.1. The van der Waals surface area contributed by atoms with Crippen molar-refractivity contribution in [3.05, 3.63) is 47.0 Å². The molecule has 0 unspecified atom stereocenters. The smallest absolute Gasteiger partial charge is 0.294 e. The van der Waals surface area contributed by atoms with Gasteiger partial charge in [0, 0.05) is 50.3 Å². The van der Waals surface area contributed by atoms with Gasteiger partial charge in [0.1, 0.15) is 5.69 Å². The maximum absolute atomic E-state index is 11.3. The first-order chi connectivity index (χ1) is 11.2. The minimum absolute atomic E-state index is 0.122. The van der Waals surface area contributed by atoms with Crippen LogP contribution < -0.4 is 10.2 Å². The van der Waals surface area contributed by atoms with Crippen LogP contribution in [0.25, 0.3) is 0 Å². The van der Waals surface area contributed by atoms with Crippen molar-refractivity contribution in [1.82, 2.24) is 9.55 Å². The largest absolute Gasteiger partial charge is 0.379 e. The maximum atomic E-state index is 11.3. The second-order valence-electron chi connectivity index (χ2n) is 5.21. The first kappa shape index (κ1) is 16.8. The van der Waals surface area contributed by atoms with Crippen LogP contribution in [0.1, 0.15) is 20.3 Å². The lowest BCUT2D eigenvalue weighted by atomic mass is 10.2. The van der Waals surface area contributed by atoms with Crippen LogP contribution in [0.15, 0.2) is 36.9 Å². The van der Waals surface area contributed by atoms with Gasteiger partial charge in [-0.3, -0.25) is 10.1 Å². The molecule has 0 radical (unpaired) electrons. The molecule has 124 valence electrons. The summed E-state index contributed by atoms with van der Waals surface area (Å²) in [5, 5.41) is 14.5. The normalized spacial score (nSPS) is 10.5. The van der Waals surface area contributed by atoms with Gasteiger partial charge < -0.3 is 14.8 Å². The van der Waals surface area contributed by atoms with Gasteiger partial charge in [-0.15, -0.1) is 0 Å². The predicted octanol–water partition coefficient (Wildman–Crippen LogP) is 3.14. The minimum atomic E-state index is -0.328. The molecule has 1 aromatic carbocycles. The highest BCUT2D eigenvalue weighted by Crippen LogP contribution is 2.29. The first-order valence-corrected chi connectivity index (χ1v) is 7.88. The number of imidazole rings is 1. The number of nitro benzene ring substituents is 1. The van der Waals surface area contributed by atoms with E-state index in [0.29, 0.717) is 12.2 Å². The molecule has 0 aliphatic heterocycles. The SMILES string of the molecule is CCN(CC)c1ccc(NCCCn2ccnc2)c([N+](=O)[O-])c1. The molecule has 0 saturated carbocycles. The Bertz CT molecular complexity index is 623. The molecule has 0 saturated heterocycles. The van der Waals surface area contributed by atoms with Gasteiger partial charge in [-0.05, 0) is 32.4 Å². The van der Waals surface area contributed by atoms with Crippen molar-refractivity contribution in [2.45, 2.75) is 26.8 Å². The Kier molecular flexibility index (Phi) is 5.96. The minimum Gasteiger partial charge on any atom is -0.379 e. The molecule has 0 bridgehead atoms. The average Bonchev–Trinajstić information content (AvgIpc) is 3.06. The highest BCUT2D eigenvalue weighted by atomic mass is 16.6. The summed E-state index contributed by atoms with van der Waals surface area (Å²) in [5.41, 5.74) is 1.57. The van der Waals surface area contributed by atoms with Gasteiger partial charge >= 0.3 is 0 Å². The monoisotopic (exact) mass is 317 g/mol. The zero-order chi connectivity index (χ0) is 16.7. The molecule has 0 aliphatic carbocycles. The second kappa shape index (κ2) is 8.17. The summed E-state index contributed by atoms with van der Waals surface area (Å²) in [7, 11) is 0. The molecule has 0 amide bonds. The van der Waals surface area contributed by atoms with E-state index in [0.717, 1.165) is 31.7 Å². The maximum Gasteiger partial charge on any atom is 0.294 e. The third kappa shape index (κ3) is 4.45. The summed E-state index contributed by atoms with van der Waals surface area (Å²) in [5.74, 6) is 0. The lowest BCUT2D eigenvalue weighted by Gasteiger charge is -2.21. The van der Waals surface area contributed by atoms with E-state index >= 15 is 0 Å². The Labute approximate surface area is 136 Å². The van der Waals surface area contributed by atoms with E-state index in [1.54, 1.807) is 24.7 Å². The van der Waals surface area contributed by atoms with E-state index in [2.05, 4.69) is 15.2 Å². The van der Waals surface area contributed by atoms with E-state index in [1.165, 1.54) is 0 Å². The fraction of sp³-hybridized carbons (Fsp3) is 0.438. The zero-order valence-corrected chi connectivity index (χ0v) is 13.6. The van der Waals surface area contributed by atoms with Crippen molar-refractivity contribution in [3.63, 3.8) is 0 Å². The molecular formula is C16H23N5O2. The summed E-state index contributed by atoms with van der Waals surface area (Å²) in [6.07, 6.45) is 6.28. The van der Waals surface area contributed by atoms with Gasteiger partial charge in [0.05, 0.1) is 11.3 Å². The number of nitro groups is 1. The number of hydrogen-bond donors (Lipinski definition) is 1. The van der Waals surface area contributed by atoms with E-state index in [1.807, 2.05) is 30.7 Å². The Morgan fingerprint density at radius 3 is 2.74 bits per heavy atom. The van der Waals surface area contributed by atoms with Crippen LogP contribution in [0.2, 0.25) is 0 Å². The van der Waals surface area contributed by atoms with Gasteiger partial charge in [0.2, 0.25) is 0 Å². The summed E-state index contributed by atoms with van der Waals surface area (Å²) in [6, 6.07) is 5.37. The van der Waals surface area contributed by atoms with Crippen LogP contribution in [0.5, 0.6) is 0 Å². The molecule has 0 aliphatic rings. The van der Waals surface area contributed by atoms with E-state index < -0.39 is 0 Å². The van der Waals surface area contributed by atoms with Gasteiger partial charge in [0.25, 0.3) is 5.69 Å². The van der Waals surface area contributed by atoms with Crippen molar-refractivity contribution >= 4 is 17.1 Å². The van der Waals surface area contributed by atoms with E-state index in [4.69, 9.17) is 0 Å². The molecule has 7 heteroatoms. The Balaban J connectivity index is 2.01. The number of hydrogen-bond acceptors (Lipinski definition) is 5. The number of aromatic nitrogens is 2. The number of benzene rings is 1. The predicted molar refractivity (Wildman–Crippen MR) is 92.0 cm³/mol. The summed E-state index contributed by atoms with van der Waals surface area (Å²) < 4.78 is 1.99. The van der Waals surface area contributed by atoms with Crippen molar-refractivity contribution in [3.8, 4) is 0 Å². The van der Waals surface area contributed by atoms with E-state index in [-0.39, 0.29) is 10.6 Å². The molecular weight excluding hydrogens is 294 g/mol. The Morgan fingerprint density at radius 1 is 1.35 bits per heavy atom. The van der Waals surface area contributed by atoms with Crippen molar-refractivity contribution in [2.24, 2.45) is 0 Å². The molecule has 2 rings (SSSR count). The van der Waals surface area contributed by atoms with Crippen LogP contribution in [-0.4, -0.2) is 34.1 Å². The van der Waals surface area contributed by atoms with Crippen molar-refractivity contribution in [2.75, 3.05) is 29.9 Å². The van der Waals surface area contributed by atoms with E-state index in [9.17, 15) is 10.1 Å². The molecule has 0 spiro atoms. The highest BCUT2D eigenvalue weighted by Gasteiger charge is 2.16. The molecule has 7 nitrogen and oxygen atoms in total. The third-order valence-electron chi connectivity index (χ3n) is 3.77. The number of anilines is 2. The average molecular weight is 317 g/mol. The summed E-state index contributed by atoms with van der Waals surface area (Å²) in [6.45, 7) is 7.23. The molecule has 1 heterocycles. The van der Waals surface area contributed by atoms with Gasteiger partial charge in [-0.1, -0.05) is 0 Å². The summed E-state index contributed by atoms with van der Waals surface area (Å²) >= 11 is 0. The quantitative estimate of drug-likeness (QED) is 0.437. The molecule has 2 aromatic rings. The van der Waals surface area contributed by atoms with Crippen molar-refractivity contribution < 1.29 is 4.92 Å². The Morgan fingerprint density at radius 2 is 2.13 bits per heavy atom. The number of rotatable bonds is 9.